The van der Waals surface area contributed by atoms with Crippen molar-refractivity contribution in [1.82, 2.24) is 5.32 Å². The minimum atomic E-state index is -0.555. The van der Waals surface area contributed by atoms with Crippen molar-refractivity contribution in [3.63, 3.8) is 0 Å². The summed E-state index contributed by atoms with van der Waals surface area (Å²) in [5.74, 6) is -0.258. The molecule has 0 saturated carbocycles. The highest BCUT2D eigenvalue weighted by Crippen LogP contribution is 2.15. The molecule has 3 aromatic carbocycles. The molecule has 1 amide bonds. The Morgan fingerprint density at radius 3 is 2.16 bits per heavy atom. The second kappa shape index (κ2) is 10.8. The van der Waals surface area contributed by atoms with E-state index in [9.17, 15) is 9.59 Å². The van der Waals surface area contributed by atoms with E-state index < -0.39 is 5.97 Å². The Kier molecular flexibility index (Phi) is 7.65. The van der Waals surface area contributed by atoms with E-state index in [1.54, 1.807) is 24.3 Å². The summed E-state index contributed by atoms with van der Waals surface area (Å²) in [4.78, 5) is 26.2. The van der Waals surface area contributed by atoms with Crippen LogP contribution in [-0.2, 0) is 22.7 Å². The Balaban J connectivity index is 1.40. The van der Waals surface area contributed by atoms with Gasteiger partial charge >= 0.3 is 5.97 Å². The van der Waals surface area contributed by atoms with Crippen LogP contribution in [0.25, 0.3) is 0 Å². The summed E-state index contributed by atoms with van der Waals surface area (Å²) in [6, 6.07) is 24.3. The first-order chi connectivity index (χ1) is 15.0. The Bertz CT molecular complexity index is 984. The number of nitrogens with one attached hydrogen (secondary N) is 1. The van der Waals surface area contributed by atoms with Crippen LogP contribution in [0.15, 0.2) is 78.9 Å². The zero-order valence-corrected chi connectivity index (χ0v) is 17.7. The SMILES string of the molecule is CN(C)c1ccc(CNC(=O)COC(=O)c2ccc(OCc3ccccc3)cc2)cc1. The van der Waals surface area contributed by atoms with Crippen molar-refractivity contribution in [2.75, 3.05) is 25.6 Å². The van der Waals surface area contributed by atoms with E-state index in [4.69, 9.17) is 9.47 Å². The molecule has 0 fully saturated rings. The lowest BCUT2D eigenvalue weighted by Crippen LogP contribution is -2.28. The summed E-state index contributed by atoms with van der Waals surface area (Å²) in [6.07, 6.45) is 0. The molecule has 0 aliphatic carbocycles. The average molecular weight is 418 g/mol. The molecule has 0 aromatic heterocycles. The van der Waals surface area contributed by atoms with E-state index in [1.165, 1.54) is 0 Å². The topological polar surface area (TPSA) is 67.9 Å². The van der Waals surface area contributed by atoms with Crippen LogP contribution < -0.4 is 15.0 Å². The van der Waals surface area contributed by atoms with Crippen molar-refractivity contribution < 1.29 is 19.1 Å². The number of anilines is 1. The summed E-state index contributed by atoms with van der Waals surface area (Å²) in [5, 5.41) is 2.75. The van der Waals surface area contributed by atoms with Gasteiger partial charge in [0.25, 0.3) is 5.91 Å². The van der Waals surface area contributed by atoms with E-state index in [0.29, 0.717) is 24.5 Å². The van der Waals surface area contributed by atoms with Crippen molar-refractivity contribution >= 4 is 17.6 Å². The molecule has 3 rings (SSSR count). The number of carbonyl (C=O) groups is 2. The predicted octanol–water partition coefficient (Wildman–Crippen LogP) is 3.80. The number of hydrogen-bond acceptors (Lipinski definition) is 5. The van der Waals surface area contributed by atoms with Gasteiger partial charge in [-0.3, -0.25) is 4.79 Å². The summed E-state index contributed by atoms with van der Waals surface area (Å²) < 4.78 is 10.8. The van der Waals surface area contributed by atoms with Gasteiger partial charge in [-0.25, -0.2) is 4.79 Å². The number of ether oxygens (including phenoxy) is 2. The molecule has 0 atom stereocenters. The molecule has 160 valence electrons. The molecule has 0 spiro atoms. The number of esters is 1. The highest BCUT2D eigenvalue weighted by atomic mass is 16.5. The predicted molar refractivity (Wildman–Crippen MR) is 120 cm³/mol. The molecule has 0 saturated heterocycles. The minimum absolute atomic E-state index is 0.332. The standard InChI is InChI=1S/C25H26N2O4/c1-27(2)22-12-8-19(9-13-22)16-26-24(28)18-31-25(29)21-10-14-23(15-11-21)30-17-20-6-4-3-5-7-20/h3-15H,16-18H2,1-2H3,(H,26,28). The maximum atomic E-state index is 12.2. The second-order valence-electron chi connectivity index (χ2n) is 7.21. The Labute approximate surface area is 182 Å². The third kappa shape index (κ3) is 6.89. The molecular weight excluding hydrogens is 392 g/mol. The quantitative estimate of drug-likeness (QED) is 0.536. The monoisotopic (exact) mass is 418 g/mol. The van der Waals surface area contributed by atoms with E-state index >= 15 is 0 Å². The van der Waals surface area contributed by atoms with Crippen molar-refractivity contribution in [1.29, 1.82) is 0 Å². The van der Waals surface area contributed by atoms with Crippen LogP contribution in [0.5, 0.6) is 5.75 Å². The summed E-state index contributed by atoms with van der Waals surface area (Å²) in [5.41, 5.74) is 3.47. The molecule has 0 heterocycles. The van der Waals surface area contributed by atoms with Crippen molar-refractivity contribution in [2.45, 2.75) is 13.2 Å². The minimum Gasteiger partial charge on any atom is -0.489 e. The maximum Gasteiger partial charge on any atom is 0.338 e. The molecule has 6 nitrogen and oxygen atoms in total. The van der Waals surface area contributed by atoms with Gasteiger partial charge in [-0.15, -0.1) is 0 Å². The Hall–Kier alpha value is -3.80. The van der Waals surface area contributed by atoms with Crippen LogP contribution >= 0.6 is 0 Å². The van der Waals surface area contributed by atoms with Crippen LogP contribution in [-0.4, -0.2) is 32.6 Å². The smallest absolute Gasteiger partial charge is 0.338 e. The summed E-state index contributed by atoms with van der Waals surface area (Å²) in [7, 11) is 3.94. The summed E-state index contributed by atoms with van der Waals surface area (Å²) in [6.45, 7) is 0.487. The first-order valence-corrected chi connectivity index (χ1v) is 9.98. The molecule has 0 unspecified atom stereocenters. The van der Waals surface area contributed by atoms with Crippen molar-refractivity contribution in [2.24, 2.45) is 0 Å². The summed E-state index contributed by atoms with van der Waals surface area (Å²) >= 11 is 0. The first kappa shape index (κ1) is 21.9. The van der Waals surface area contributed by atoms with Crippen LogP contribution in [0, 0.1) is 0 Å². The third-order valence-corrected chi connectivity index (χ3v) is 4.62. The van der Waals surface area contributed by atoms with Crippen LogP contribution in [0.2, 0.25) is 0 Å². The normalized spacial score (nSPS) is 10.3. The van der Waals surface area contributed by atoms with Gasteiger partial charge in [-0.2, -0.15) is 0 Å². The zero-order chi connectivity index (χ0) is 22.1. The lowest BCUT2D eigenvalue weighted by Gasteiger charge is -2.13. The van der Waals surface area contributed by atoms with Crippen molar-refractivity contribution in [3.8, 4) is 5.75 Å². The highest BCUT2D eigenvalue weighted by Gasteiger charge is 2.10. The lowest BCUT2D eigenvalue weighted by molar-refractivity contribution is -0.124. The number of amides is 1. The molecule has 0 aliphatic heterocycles. The van der Waals surface area contributed by atoms with Gasteiger partial charge in [0, 0.05) is 26.3 Å². The van der Waals surface area contributed by atoms with Gasteiger partial charge in [0.1, 0.15) is 12.4 Å². The number of rotatable bonds is 9. The third-order valence-electron chi connectivity index (χ3n) is 4.62. The number of nitrogens with zero attached hydrogens (tertiary/aromatic N) is 1. The molecule has 0 aliphatic rings. The van der Waals surface area contributed by atoms with Gasteiger partial charge in [0.2, 0.25) is 0 Å². The second-order valence-corrected chi connectivity index (χ2v) is 7.21. The van der Waals surface area contributed by atoms with Crippen LogP contribution in [0.1, 0.15) is 21.5 Å². The average Bonchev–Trinajstić information content (AvgIpc) is 2.81. The van der Waals surface area contributed by atoms with E-state index in [2.05, 4.69) is 5.32 Å². The molecule has 1 N–H and O–H groups in total. The van der Waals surface area contributed by atoms with Gasteiger partial charge in [0.15, 0.2) is 6.61 Å². The van der Waals surface area contributed by atoms with E-state index in [0.717, 1.165) is 16.8 Å². The van der Waals surface area contributed by atoms with Gasteiger partial charge < -0.3 is 19.7 Å². The van der Waals surface area contributed by atoms with E-state index in [-0.39, 0.29) is 12.5 Å². The molecule has 3 aromatic rings. The lowest BCUT2D eigenvalue weighted by atomic mass is 10.2. The number of benzene rings is 3. The molecule has 0 radical (unpaired) electrons. The van der Waals surface area contributed by atoms with Gasteiger partial charge in [-0.1, -0.05) is 42.5 Å². The Morgan fingerprint density at radius 2 is 1.52 bits per heavy atom. The molecular formula is C25H26N2O4. The molecule has 0 bridgehead atoms. The zero-order valence-electron chi connectivity index (χ0n) is 17.7. The van der Waals surface area contributed by atoms with Gasteiger partial charge in [-0.05, 0) is 47.5 Å². The molecule has 31 heavy (non-hydrogen) atoms. The fourth-order valence-corrected chi connectivity index (χ4v) is 2.81. The fraction of sp³-hybridized carbons (Fsp3) is 0.200. The largest absolute Gasteiger partial charge is 0.489 e. The maximum absolute atomic E-state index is 12.2. The molecule has 6 heteroatoms. The first-order valence-electron chi connectivity index (χ1n) is 9.98. The number of carbonyl (C=O) groups excluding carboxylic acids is 2. The van der Waals surface area contributed by atoms with Gasteiger partial charge in [0.05, 0.1) is 5.56 Å². The number of hydrogen-bond donors (Lipinski definition) is 1. The highest BCUT2D eigenvalue weighted by molar-refractivity contribution is 5.91. The van der Waals surface area contributed by atoms with E-state index in [1.807, 2.05) is 73.6 Å². The van der Waals surface area contributed by atoms with Crippen LogP contribution in [0.4, 0.5) is 5.69 Å². The van der Waals surface area contributed by atoms with Crippen LogP contribution in [0.3, 0.4) is 0 Å². The fourth-order valence-electron chi connectivity index (χ4n) is 2.81. The Morgan fingerprint density at radius 1 is 0.839 bits per heavy atom. The van der Waals surface area contributed by atoms with Crippen molar-refractivity contribution in [3.05, 3.63) is 95.6 Å².